The highest BCUT2D eigenvalue weighted by molar-refractivity contribution is 14.0. The number of alkyl halides is 3. The van der Waals surface area contributed by atoms with Crippen molar-refractivity contribution < 1.29 is 13.2 Å². The third kappa shape index (κ3) is 7.27. The van der Waals surface area contributed by atoms with E-state index in [1.165, 1.54) is 0 Å². The maximum Gasteiger partial charge on any atom is 0.434 e. The van der Waals surface area contributed by atoms with Crippen LogP contribution in [0.5, 0.6) is 0 Å². The smallest absolute Gasteiger partial charge is 0.370 e. The van der Waals surface area contributed by atoms with E-state index in [-0.39, 0.29) is 35.5 Å². The molecule has 0 aliphatic carbocycles. The van der Waals surface area contributed by atoms with Crippen LogP contribution in [0.1, 0.15) is 31.5 Å². The van der Waals surface area contributed by atoms with Crippen molar-refractivity contribution in [3.8, 4) is 0 Å². The van der Waals surface area contributed by atoms with Crippen molar-refractivity contribution in [2.24, 2.45) is 10.7 Å². The van der Waals surface area contributed by atoms with E-state index in [0.717, 1.165) is 16.7 Å². The van der Waals surface area contributed by atoms with Crippen molar-refractivity contribution >= 4 is 41.3 Å². The number of hydrogen-bond acceptors (Lipinski definition) is 3. The SMILES string of the molecule is CC(C)(C)NC(N)=NCCc1nc(C(F)(F)F)cs1.I. The average Bonchev–Trinajstić information content (AvgIpc) is 2.62. The molecule has 0 atom stereocenters. The molecular weight excluding hydrogens is 404 g/mol. The summed E-state index contributed by atoms with van der Waals surface area (Å²) in [6.07, 6.45) is -4.04. The standard InChI is InChI=1S/C11H17F3N4S.HI/c1-10(2,3)18-9(15)16-5-4-8-17-7(6-19-8)11(12,13)14;/h6H,4-5H2,1-3H3,(H3,15,16,18);1H. The summed E-state index contributed by atoms with van der Waals surface area (Å²) in [4.78, 5) is 7.56. The number of aliphatic imine (C=N–C) groups is 1. The van der Waals surface area contributed by atoms with Gasteiger partial charge in [-0.25, -0.2) is 4.98 Å². The number of rotatable bonds is 3. The Kier molecular flexibility index (Phi) is 7.22. The maximum atomic E-state index is 12.3. The van der Waals surface area contributed by atoms with Crippen LogP contribution in [0.15, 0.2) is 10.4 Å². The summed E-state index contributed by atoms with van der Waals surface area (Å²) < 4.78 is 37.0. The number of guanidine groups is 1. The molecule has 0 unspecified atom stereocenters. The predicted molar refractivity (Wildman–Crippen MR) is 85.6 cm³/mol. The van der Waals surface area contributed by atoms with E-state index in [1.807, 2.05) is 20.8 Å². The van der Waals surface area contributed by atoms with Gasteiger partial charge in [-0.05, 0) is 20.8 Å². The van der Waals surface area contributed by atoms with E-state index in [4.69, 9.17) is 5.73 Å². The largest absolute Gasteiger partial charge is 0.434 e. The number of hydrogen-bond donors (Lipinski definition) is 2. The highest BCUT2D eigenvalue weighted by Crippen LogP contribution is 2.30. The summed E-state index contributed by atoms with van der Waals surface area (Å²) in [6.45, 7) is 6.11. The lowest BCUT2D eigenvalue weighted by Crippen LogP contribution is -2.45. The maximum absolute atomic E-state index is 12.3. The summed E-state index contributed by atoms with van der Waals surface area (Å²) in [5.41, 5.74) is 4.59. The molecule has 9 heteroatoms. The molecule has 0 aromatic carbocycles. The summed E-state index contributed by atoms with van der Waals surface area (Å²) in [7, 11) is 0. The molecule has 3 N–H and O–H groups in total. The topological polar surface area (TPSA) is 63.3 Å². The summed E-state index contributed by atoms with van der Waals surface area (Å²) >= 11 is 0.980. The summed E-state index contributed by atoms with van der Waals surface area (Å²) in [5, 5.41) is 4.38. The fraction of sp³-hybridized carbons (Fsp3) is 0.636. The van der Waals surface area contributed by atoms with Crippen molar-refractivity contribution in [1.82, 2.24) is 10.3 Å². The van der Waals surface area contributed by atoms with Gasteiger partial charge >= 0.3 is 6.18 Å². The molecular formula is C11H18F3IN4S. The molecule has 1 aromatic rings. The zero-order valence-corrected chi connectivity index (χ0v) is 14.6. The fourth-order valence-electron chi connectivity index (χ4n) is 1.25. The second-order valence-electron chi connectivity index (χ2n) is 5.02. The molecule has 0 amide bonds. The van der Waals surface area contributed by atoms with Gasteiger partial charge in [0.1, 0.15) is 0 Å². The third-order valence-corrected chi connectivity index (χ3v) is 2.86. The van der Waals surface area contributed by atoms with Gasteiger partial charge in [0, 0.05) is 23.9 Å². The molecule has 20 heavy (non-hydrogen) atoms. The Hall–Kier alpha value is -0.580. The average molecular weight is 422 g/mol. The van der Waals surface area contributed by atoms with Crippen LogP contribution >= 0.6 is 35.3 Å². The van der Waals surface area contributed by atoms with Crippen LogP contribution in [0.25, 0.3) is 0 Å². The Morgan fingerprint density at radius 3 is 2.45 bits per heavy atom. The molecule has 4 nitrogen and oxygen atoms in total. The Bertz CT molecular complexity index is 451. The van der Waals surface area contributed by atoms with Crippen LogP contribution in [0.2, 0.25) is 0 Å². The molecule has 0 fully saturated rings. The van der Waals surface area contributed by atoms with E-state index >= 15 is 0 Å². The van der Waals surface area contributed by atoms with Crippen LogP contribution in [-0.2, 0) is 12.6 Å². The normalized spacial score (nSPS) is 13.0. The van der Waals surface area contributed by atoms with Crippen molar-refractivity contribution in [3.63, 3.8) is 0 Å². The lowest BCUT2D eigenvalue weighted by molar-refractivity contribution is -0.140. The van der Waals surface area contributed by atoms with Crippen molar-refractivity contribution in [1.29, 1.82) is 0 Å². The highest BCUT2D eigenvalue weighted by atomic mass is 127. The predicted octanol–water partition coefficient (Wildman–Crippen LogP) is 3.03. The van der Waals surface area contributed by atoms with Crippen LogP contribution in [0.4, 0.5) is 13.2 Å². The van der Waals surface area contributed by atoms with Crippen molar-refractivity contribution in [3.05, 3.63) is 16.1 Å². The Labute approximate surface area is 137 Å². The molecule has 0 spiro atoms. The Balaban J connectivity index is 0.00000361. The molecule has 0 aliphatic rings. The van der Waals surface area contributed by atoms with E-state index in [2.05, 4.69) is 15.3 Å². The van der Waals surface area contributed by atoms with Gasteiger partial charge in [-0.2, -0.15) is 13.2 Å². The number of thiazole rings is 1. The van der Waals surface area contributed by atoms with E-state index in [9.17, 15) is 13.2 Å². The first-order chi connectivity index (χ1) is 8.58. The minimum absolute atomic E-state index is 0. The van der Waals surface area contributed by atoms with Gasteiger partial charge < -0.3 is 11.1 Å². The number of halogens is 4. The van der Waals surface area contributed by atoms with E-state index in [1.54, 1.807) is 0 Å². The Morgan fingerprint density at radius 1 is 1.40 bits per heavy atom. The van der Waals surface area contributed by atoms with Gasteiger partial charge in [-0.3, -0.25) is 4.99 Å². The first-order valence-corrected chi connectivity index (χ1v) is 6.55. The van der Waals surface area contributed by atoms with Crippen molar-refractivity contribution in [2.45, 2.75) is 38.9 Å². The second kappa shape index (κ2) is 7.43. The quantitative estimate of drug-likeness (QED) is 0.447. The number of nitrogens with one attached hydrogen (secondary N) is 1. The monoisotopic (exact) mass is 422 g/mol. The molecule has 0 aliphatic heterocycles. The molecule has 0 saturated carbocycles. The summed E-state index contributed by atoms with van der Waals surface area (Å²) in [6, 6.07) is 0. The number of nitrogens with two attached hydrogens (primary N) is 1. The first kappa shape index (κ1) is 19.4. The zero-order valence-electron chi connectivity index (χ0n) is 11.4. The van der Waals surface area contributed by atoms with Crippen LogP contribution in [0.3, 0.4) is 0 Å². The number of aromatic nitrogens is 1. The lowest BCUT2D eigenvalue weighted by atomic mass is 10.1. The third-order valence-electron chi connectivity index (χ3n) is 1.95. The Morgan fingerprint density at radius 2 is 2.00 bits per heavy atom. The zero-order chi connectivity index (χ0) is 14.7. The molecule has 116 valence electrons. The van der Waals surface area contributed by atoms with Crippen LogP contribution in [-0.4, -0.2) is 23.0 Å². The lowest BCUT2D eigenvalue weighted by Gasteiger charge is -2.20. The van der Waals surface area contributed by atoms with Crippen LogP contribution < -0.4 is 11.1 Å². The highest BCUT2D eigenvalue weighted by Gasteiger charge is 2.33. The molecule has 0 radical (unpaired) electrons. The van der Waals surface area contributed by atoms with Gasteiger partial charge in [0.25, 0.3) is 0 Å². The van der Waals surface area contributed by atoms with Gasteiger partial charge in [0.05, 0.1) is 5.01 Å². The van der Waals surface area contributed by atoms with E-state index in [0.29, 0.717) is 18.0 Å². The molecule has 1 rings (SSSR count). The number of nitrogens with zero attached hydrogens (tertiary/aromatic N) is 2. The van der Waals surface area contributed by atoms with Gasteiger partial charge in [-0.1, -0.05) is 0 Å². The first-order valence-electron chi connectivity index (χ1n) is 5.67. The molecule has 1 aromatic heterocycles. The molecule has 1 heterocycles. The minimum Gasteiger partial charge on any atom is -0.370 e. The van der Waals surface area contributed by atoms with Gasteiger partial charge in [0.15, 0.2) is 11.7 Å². The van der Waals surface area contributed by atoms with Gasteiger partial charge in [-0.15, -0.1) is 35.3 Å². The second-order valence-corrected chi connectivity index (χ2v) is 5.96. The van der Waals surface area contributed by atoms with Gasteiger partial charge in [0.2, 0.25) is 0 Å². The van der Waals surface area contributed by atoms with Crippen LogP contribution in [0, 0.1) is 0 Å². The minimum atomic E-state index is -4.38. The fourth-order valence-corrected chi connectivity index (χ4v) is 2.05. The summed E-state index contributed by atoms with van der Waals surface area (Å²) in [5.74, 6) is 0.278. The molecule has 0 saturated heterocycles. The van der Waals surface area contributed by atoms with E-state index < -0.39 is 11.9 Å². The van der Waals surface area contributed by atoms with Crippen molar-refractivity contribution in [2.75, 3.05) is 6.54 Å². The molecule has 0 bridgehead atoms.